The number of rotatable bonds is 5. The van der Waals surface area contributed by atoms with Crippen molar-refractivity contribution in [2.75, 3.05) is 26.4 Å². The molecule has 0 saturated carbocycles. The van der Waals surface area contributed by atoms with E-state index in [1.165, 1.54) is 0 Å². The second-order valence-corrected chi connectivity index (χ2v) is 3.38. The molecular weight excluding hydrogens is 170 g/mol. The molecule has 1 unspecified atom stereocenters. The third-order valence-corrected chi connectivity index (χ3v) is 2.19. The largest absolute Gasteiger partial charge is 0.391 e. The standard InChI is InChI=1S/C9H19NO3/c10-4-1-8(11)7-13-9-2-5-12-6-3-9/h8-9,11H,1-7,10H2. The van der Waals surface area contributed by atoms with E-state index in [1.54, 1.807) is 0 Å². The molecule has 4 nitrogen and oxygen atoms in total. The Hall–Kier alpha value is -0.160. The van der Waals surface area contributed by atoms with Gasteiger partial charge in [-0.25, -0.2) is 0 Å². The van der Waals surface area contributed by atoms with Crippen LogP contribution in [0.2, 0.25) is 0 Å². The molecule has 1 aliphatic heterocycles. The molecule has 1 aliphatic rings. The van der Waals surface area contributed by atoms with Crippen LogP contribution < -0.4 is 5.73 Å². The van der Waals surface area contributed by atoms with Gasteiger partial charge in [-0.3, -0.25) is 0 Å². The number of ether oxygens (including phenoxy) is 2. The Morgan fingerprint density at radius 1 is 1.46 bits per heavy atom. The van der Waals surface area contributed by atoms with Crippen molar-refractivity contribution in [2.24, 2.45) is 5.73 Å². The molecule has 0 aromatic heterocycles. The van der Waals surface area contributed by atoms with Gasteiger partial charge in [0.1, 0.15) is 0 Å². The summed E-state index contributed by atoms with van der Waals surface area (Å²) in [6.07, 6.45) is 2.35. The molecule has 1 fully saturated rings. The van der Waals surface area contributed by atoms with Gasteiger partial charge in [0.2, 0.25) is 0 Å². The van der Waals surface area contributed by atoms with Gasteiger partial charge in [0.05, 0.1) is 18.8 Å². The van der Waals surface area contributed by atoms with Gasteiger partial charge in [-0.15, -0.1) is 0 Å². The van der Waals surface area contributed by atoms with Crippen LogP contribution >= 0.6 is 0 Å². The number of hydrogen-bond acceptors (Lipinski definition) is 4. The van der Waals surface area contributed by atoms with Crippen LogP contribution in [0.4, 0.5) is 0 Å². The van der Waals surface area contributed by atoms with Crippen molar-refractivity contribution in [3.8, 4) is 0 Å². The average Bonchev–Trinajstić information content (AvgIpc) is 2.17. The fourth-order valence-corrected chi connectivity index (χ4v) is 1.37. The quantitative estimate of drug-likeness (QED) is 0.633. The molecule has 0 radical (unpaired) electrons. The van der Waals surface area contributed by atoms with Crippen molar-refractivity contribution < 1.29 is 14.6 Å². The smallest absolute Gasteiger partial charge is 0.0785 e. The molecule has 1 atom stereocenters. The van der Waals surface area contributed by atoms with E-state index in [-0.39, 0.29) is 6.10 Å². The van der Waals surface area contributed by atoms with Crippen LogP contribution in [0.25, 0.3) is 0 Å². The summed E-state index contributed by atoms with van der Waals surface area (Å²) in [5.74, 6) is 0. The Morgan fingerprint density at radius 2 is 2.15 bits per heavy atom. The van der Waals surface area contributed by atoms with E-state index in [0.717, 1.165) is 26.1 Å². The minimum absolute atomic E-state index is 0.265. The fraction of sp³-hybridized carbons (Fsp3) is 1.00. The van der Waals surface area contributed by atoms with Gasteiger partial charge in [-0.1, -0.05) is 0 Å². The van der Waals surface area contributed by atoms with E-state index in [4.69, 9.17) is 15.2 Å². The van der Waals surface area contributed by atoms with E-state index in [1.807, 2.05) is 0 Å². The summed E-state index contributed by atoms with van der Waals surface area (Å²) in [5, 5.41) is 9.34. The highest BCUT2D eigenvalue weighted by Gasteiger charge is 2.15. The molecule has 0 aromatic rings. The van der Waals surface area contributed by atoms with Gasteiger partial charge in [0.15, 0.2) is 0 Å². The third-order valence-electron chi connectivity index (χ3n) is 2.19. The first kappa shape index (κ1) is 10.9. The lowest BCUT2D eigenvalue weighted by Gasteiger charge is -2.23. The average molecular weight is 189 g/mol. The van der Waals surface area contributed by atoms with E-state index in [2.05, 4.69) is 0 Å². The highest BCUT2D eigenvalue weighted by atomic mass is 16.5. The summed E-state index contributed by atoms with van der Waals surface area (Å²) < 4.78 is 10.7. The lowest BCUT2D eigenvalue weighted by molar-refractivity contribution is -0.0598. The maximum Gasteiger partial charge on any atom is 0.0785 e. The molecule has 1 saturated heterocycles. The molecule has 0 amide bonds. The summed E-state index contributed by atoms with van der Waals surface area (Å²) >= 11 is 0. The lowest BCUT2D eigenvalue weighted by Crippen LogP contribution is -2.28. The number of hydrogen-bond donors (Lipinski definition) is 2. The maximum atomic E-state index is 9.34. The number of aliphatic hydroxyl groups excluding tert-OH is 1. The zero-order valence-corrected chi connectivity index (χ0v) is 7.95. The van der Waals surface area contributed by atoms with Gasteiger partial charge < -0.3 is 20.3 Å². The molecule has 1 heterocycles. The Balaban J connectivity index is 2.03. The fourth-order valence-electron chi connectivity index (χ4n) is 1.37. The number of nitrogens with two attached hydrogens (primary N) is 1. The molecule has 4 heteroatoms. The predicted octanol–water partition coefficient (Wildman–Crippen LogP) is -0.108. The summed E-state index contributed by atoms with van der Waals surface area (Å²) in [6.45, 7) is 2.47. The zero-order chi connectivity index (χ0) is 9.52. The second kappa shape index (κ2) is 6.32. The van der Waals surface area contributed by atoms with E-state index in [9.17, 15) is 5.11 Å². The first-order chi connectivity index (χ1) is 6.33. The Morgan fingerprint density at radius 3 is 2.77 bits per heavy atom. The summed E-state index contributed by atoms with van der Waals surface area (Å²) in [7, 11) is 0. The summed E-state index contributed by atoms with van der Waals surface area (Å²) in [6, 6.07) is 0. The highest BCUT2D eigenvalue weighted by molar-refractivity contribution is 4.64. The van der Waals surface area contributed by atoms with Crippen LogP contribution in [0, 0.1) is 0 Å². The predicted molar refractivity (Wildman–Crippen MR) is 49.5 cm³/mol. The van der Waals surface area contributed by atoms with E-state index in [0.29, 0.717) is 19.6 Å². The Bertz CT molecular complexity index is 126. The van der Waals surface area contributed by atoms with E-state index < -0.39 is 6.10 Å². The second-order valence-electron chi connectivity index (χ2n) is 3.38. The molecule has 0 aromatic carbocycles. The van der Waals surface area contributed by atoms with Gasteiger partial charge in [-0.2, -0.15) is 0 Å². The van der Waals surface area contributed by atoms with Gasteiger partial charge in [0, 0.05) is 13.2 Å². The van der Waals surface area contributed by atoms with Crippen molar-refractivity contribution in [2.45, 2.75) is 31.5 Å². The van der Waals surface area contributed by atoms with Gasteiger partial charge in [0.25, 0.3) is 0 Å². The van der Waals surface area contributed by atoms with Gasteiger partial charge in [-0.05, 0) is 25.8 Å². The summed E-state index contributed by atoms with van der Waals surface area (Å²) in [5.41, 5.74) is 5.30. The maximum absolute atomic E-state index is 9.34. The van der Waals surface area contributed by atoms with Crippen LogP contribution in [-0.4, -0.2) is 43.7 Å². The highest BCUT2D eigenvalue weighted by Crippen LogP contribution is 2.10. The van der Waals surface area contributed by atoms with Crippen molar-refractivity contribution in [1.29, 1.82) is 0 Å². The monoisotopic (exact) mass is 189 g/mol. The first-order valence-electron chi connectivity index (χ1n) is 4.90. The molecule has 13 heavy (non-hydrogen) atoms. The van der Waals surface area contributed by atoms with Crippen LogP contribution in [0.1, 0.15) is 19.3 Å². The minimum atomic E-state index is -0.409. The molecule has 78 valence electrons. The molecule has 0 spiro atoms. The Kier molecular flexibility index (Phi) is 5.31. The summed E-state index contributed by atoms with van der Waals surface area (Å²) in [4.78, 5) is 0. The lowest BCUT2D eigenvalue weighted by atomic mass is 10.1. The SMILES string of the molecule is NCCC(O)COC1CCOCC1. The molecule has 1 rings (SSSR count). The Labute approximate surface area is 79.0 Å². The van der Waals surface area contributed by atoms with Crippen molar-refractivity contribution in [1.82, 2.24) is 0 Å². The molecular formula is C9H19NO3. The van der Waals surface area contributed by atoms with Crippen LogP contribution in [0.3, 0.4) is 0 Å². The minimum Gasteiger partial charge on any atom is -0.391 e. The third kappa shape index (κ3) is 4.57. The van der Waals surface area contributed by atoms with Crippen molar-refractivity contribution in [3.63, 3.8) is 0 Å². The topological polar surface area (TPSA) is 64.7 Å². The molecule has 0 bridgehead atoms. The molecule has 3 N–H and O–H groups in total. The van der Waals surface area contributed by atoms with Gasteiger partial charge >= 0.3 is 0 Å². The van der Waals surface area contributed by atoms with Crippen molar-refractivity contribution >= 4 is 0 Å². The molecule has 0 aliphatic carbocycles. The van der Waals surface area contributed by atoms with Crippen molar-refractivity contribution in [3.05, 3.63) is 0 Å². The van der Waals surface area contributed by atoms with Crippen LogP contribution in [0.5, 0.6) is 0 Å². The van der Waals surface area contributed by atoms with Crippen LogP contribution in [-0.2, 0) is 9.47 Å². The first-order valence-corrected chi connectivity index (χ1v) is 4.90. The van der Waals surface area contributed by atoms with E-state index >= 15 is 0 Å². The number of aliphatic hydroxyl groups is 1. The van der Waals surface area contributed by atoms with Crippen LogP contribution in [0.15, 0.2) is 0 Å². The normalized spacial score (nSPS) is 21.7. The zero-order valence-electron chi connectivity index (χ0n) is 7.95.